The minimum Gasteiger partial charge on any atom is -0.313 e. The van der Waals surface area contributed by atoms with E-state index in [1.54, 1.807) is 12.1 Å². The summed E-state index contributed by atoms with van der Waals surface area (Å²) in [6.45, 7) is 3.83. The van der Waals surface area contributed by atoms with Crippen LogP contribution in [0.4, 0.5) is 4.39 Å². The summed E-state index contributed by atoms with van der Waals surface area (Å²) in [5, 5.41) is 4.23. The van der Waals surface area contributed by atoms with E-state index in [2.05, 4.69) is 5.32 Å². The molecule has 2 rings (SSSR count). The van der Waals surface area contributed by atoms with Gasteiger partial charge in [-0.3, -0.25) is 0 Å². The van der Waals surface area contributed by atoms with Crippen molar-refractivity contribution >= 4 is 23.2 Å². The van der Waals surface area contributed by atoms with Crippen molar-refractivity contribution < 1.29 is 4.39 Å². The number of benzene rings is 2. The summed E-state index contributed by atoms with van der Waals surface area (Å²) in [6, 6.07) is 8.97. The van der Waals surface area contributed by atoms with Crippen molar-refractivity contribution in [3.8, 4) is 0 Å². The standard InChI is InChI=1S/C17H18Cl2FN/c1-10-6-11(2)17(15(20)7-10)16(21-3)9-12-4-5-13(18)14(19)8-12/h4-8,16,21H,9H2,1-3H3. The first kappa shape index (κ1) is 16.3. The quantitative estimate of drug-likeness (QED) is 0.809. The highest BCUT2D eigenvalue weighted by molar-refractivity contribution is 6.42. The number of rotatable bonds is 4. The predicted molar refractivity (Wildman–Crippen MR) is 87.8 cm³/mol. The van der Waals surface area contributed by atoms with Crippen LogP contribution in [-0.2, 0) is 6.42 Å². The van der Waals surface area contributed by atoms with Crippen LogP contribution in [0.1, 0.15) is 28.3 Å². The zero-order valence-electron chi connectivity index (χ0n) is 12.3. The lowest BCUT2D eigenvalue weighted by molar-refractivity contribution is 0.530. The van der Waals surface area contributed by atoms with Gasteiger partial charge in [0.15, 0.2) is 0 Å². The fourth-order valence-electron chi connectivity index (χ4n) is 2.62. The van der Waals surface area contributed by atoms with Crippen molar-refractivity contribution in [2.45, 2.75) is 26.3 Å². The van der Waals surface area contributed by atoms with Crippen LogP contribution in [0.15, 0.2) is 30.3 Å². The van der Waals surface area contributed by atoms with Crippen molar-refractivity contribution in [3.63, 3.8) is 0 Å². The van der Waals surface area contributed by atoms with E-state index in [0.29, 0.717) is 22.0 Å². The van der Waals surface area contributed by atoms with E-state index in [1.807, 2.05) is 39.1 Å². The molecule has 0 fully saturated rings. The van der Waals surface area contributed by atoms with Crippen molar-refractivity contribution in [2.24, 2.45) is 0 Å². The van der Waals surface area contributed by atoms with Crippen LogP contribution in [-0.4, -0.2) is 7.05 Å². The second-order valence-electron chi connectivity index (χ2n) is 5.27. The Kier molecular flexibility index (Phi) is 5.26. The molecule has 0 heterocycles. The van der Waals surface area contributed by atoms with Crippen LogP contribution in [0, 0.1) is 19.7 Å². The maximum atomic E-state index is 14.3. The molecule has 1 N–H and O–H groups in total. The van der Waals surface area contributed by atoms with Gasteiger partial charge in [0.2, 0.25) is 0 Å². The summed E-state index contributed by atoms with van der Waals surface area (Å²) in [4.78, 5) is 0. The molecule has 0 spiro atoms. The van der Waals surface area contributed by atoms with Crippen LogP contribution in [0.3, 0.4) is 0 Å². The van der Waals surface area contributed by atoms with E-state index in [-0.39, 0.29) is 11.9 Å². The molecule has 0 aliphatic carbocycles. The summed E-state index contributed by atoms with van der Waals surface area (Å²) in [5.74, 6) is -0.174. The van der Waals surface area contributed by atoms with E-state index in [0.717, 1.165) is 16.7 Å². The smallest absolute Gasteiger partial charge is 0.128 e. The molecule has 21 heavy (non-hydrogen) atoms. The molecule has 0 aromatic heterocycles. The Balaban J connectivity index is 2.34. The summed E-state index contributed by atoms with van der Waals surface area (Å²) >= 11 is 12.0. The lowest BCUT2D eigenvalue weighted by Crippen LogP contribution is -2.21. The highest BCUT2D eigenvalue weighted by atomic mass is 35.5. The molecule has 112 valence electrons. The summed E-state index contributed by atoms with van der Waals surface area (Å²) < 4.78 is 14.3. The molecule has 0 amide bonds. The normalized spacial score (nSPS) is 12.5. The van der Waals surface area contributed by atoms with Gasteiger partial charge < -0.3 is 5.32 Å². The Labute approximate surface area is 135 Å². The van der Waals surface area contributed by atoms with E-state index in [9.17, 15) is 4.39 Å². The number of hydrogen-bond donors (Lipinski definition) is 1. The minimum atomic E-state index is -0.174. The molecule has 2 aromatic rings. The van der Waals surface area contributed by atoms with E-state index >= 15 is 0 Å². The molecular weight excluding hydrogens is 308 g/mol. The van der Waals surface area contributed by atoms with Crippen LogP contribution in [0.5, 0.6) is 0 Å². The number of halogens is 3. The first-order chi connectivity index (χ1) is 9.92. The predicted octanol–water partition coefficient (Wildman–Crippen LogP) is 5.25. The van der Waals surface area contributed by atoms with Gasteiger partial charge in [0, 0.05) is 11.6 Å². The number of aryl methyl sites for hydroxylation is 2. The third kappa shape index (κ3) is 3.76. The van der Waals surface area contributed by atoms with E-state index < -0.39 is 0 Å². The molecule has 0 aliphatic heterocycles. The van der Waals surface area contributed by atoms with Crippen molar-refractivity contribution in [1.82, 2.24) is 5.32 Å². The van der Waals surface area contributed by atoms with Crippen LogP contribution < -0.4 is 5.32 Å². The van der Waals surface area contributed by atoms with Crippen LogP contribution in [0.2, 0.25) is 10.0 Å². The molecule has 2 aromatic carbocycles. The van der Waals surface area contributed by atoms with Crippen molar-refractivity contribution in [1.29, 1.82) is 0 Å². The van der Waals surface area contributed by atoms with Gasteiger partial charge >= 0.3 is 0 Å². The molecule has 1 atom stereocenters. The largest absolute Gasteiger partial charge is 0.313 e. The third-order valence-corrected chi connectivity index (χ3v) is 4.34. The highest BCUT2D eigenvalue weighted by Gasteiger charge is 2.18. The maximum absolute atomic E-state index is 14.3. The third-order valence-electron chi connectivity index (χ3n) is 3.60. The molecule has 0 bridgehead atoms. The van der Waals surface area contributed by atoms with Gasteiger partial charge in [0.05, 0.1) is 10.0 Å². The number of nitrogens with one attached hydrogen (secondary N) is 1. The van der Waals surface area contributed by atoms with Gasteiger partial charge in [0.1, 0.15) is 5.82 Å². The second-order valence-corrected chi connectivity index (χ2v) is 6.09. The first-order valence-corrected chi connectivity index (χ1v) is 7.55. The lowest BCUT2D eigenvalue weighted by atomic mass is 9.93. The molecule has 0 radical (unpaired) electrons. The zero-order valence-corrected chi connectivity index (χ0v) is 13.8. The second kappa shape index (κ2) is 6.78. The summed E-state index contributed by atoms with van der Waals surface area (Å²) in [7, 11) is 1.83. The summed E-state index contributed by atoms with van der Waals surface area (Å²) in [5.41, 5.74) is 3.60. The molecular formula is C17H18Cl2FN. The SMILES string of the molecule is CNC(Cc1ccc(Cl)c(Cl)c1)c1c(C)cc(C)cc1F. The van der Waals surface area contributed by atoms with E-state index in [1.165, 1.54) is 0 Å². The van der Waals surface area contributed by atoms with Gasteiger partial charge in [-0.1, -0.05) is 35.3 Å². The molecule has 0 saturated carbocycles. The first-order valence-electron chi connectivity index (χ1n) is 6.80. The lowest BCUT2D eigenvalue weighted by Gasteiger charge is -2.20. The summed E-state index contributed by atoms with van der Waals surface area (Å²) in [6.07, 6.45) is 0.647. The van der Waals surface area contributed by atoms with Gasteiger partial charge in [-0.15, -0.1) is 0 Å². The monoisotopic (exact) mass is 325 g/mol. The number of hydrogen-bond acceptors (Lipinski definition) is 1. The molecule has 1 nitrogen and oxygen atoms in total. The average Bonchev–Trinajstić information content (AvgIpc) is 2.40. The Morgan fingerprint density at radius 2 is 1.81 bits per heavy atom. The van der Waals surface area contributed by atoms with Crippen molar-refractivity contribution in [2.75, 3.05) is 7.05 Å². The fraction of sp³-hybridized carbons (Fsp3) is 0.294. The van der Waals surface area contributed by atoms with Gasteiger partial charge in [0.25, 0.3) is 0 Å². The number of likely N-dealkylation sites (N-methyl/N-ethyl adjacent to an activating group) is 1. The van der Waals surface area contributed by atoms with Crippen LogP contribution >= 0.6 is 23.2 Å². The molecule has 1 unspecified atom stereocenters. The molecule has 4 heteroatoms. The topological polar surface area (TPSA) is 12.0 Å². The van der Waals surface area contributed by atoms with Crippen LogP contribution in [0.25, 0.3) is 0 Å². The van der Waals surface area contributed by atoms with Crippen molar-refractivity contribution in [3.05, 3.63) is 68.4 Å². The maximum Gasteiger partial charge on any atom is 0.128 e. The highest BCUT2D eigenvalue weighted by Crippen LogP contribution is 2.28. The van der Waals surface area contributed by atoms with E-state index in [4.69, 9.17) is 23.2 Å². The fourth-order valence-corrected chi connectivity index (χ4v) is 2.94. The Bertz CT molecular complexity index is 632. The minimum absolute atomic E-state index is 0.108. The molecule has 0 saturated heterocycles. The van der Waals surface area contributed by atoms with Gasteiger partial charge in [-0.2, -0.15) is 0 Å². The van der Waals surface area contributed by atoms with Gasteiger partial charge in [-0.05, 0) is 62.2 Å². The Morgan fingerprint density at radius 1 is 1.10 bits per heavy atom. The zero-order chi connectivity index (χ0) is 15.6. The average molecular weight is 326 g/mol. The molecule has 0 aliphatic rings. The Morgan fingerprint density at radius 3 is 2.38 bits per heavy atom. The van der Waals surface area contributed by atoms with Gasteiger partial charge in [-0.25, -0.2) is 4.39 Å². The Hall–Kier alpha value is -1.09.